The number of amides is 1. The molecule has 0 aliphatic rings. The number of ketones is 1. The second-order valence-corrected chi connectivity index (χ2v) is 5.29. The van der Waals surface area contributed by atoms with E-state index >= 15 is 0 Å². The van der Waals surface area contributed by atoms with Crippen LogP contribution in [0.3, 0.4) is 0 Å². The topological polar surface area (TPSA) is 123 Å². The molecule has 112 valence electrons. The molecule has 0 radical (unpaired) electrons. The van der Waals surface area contributed by atoms with Gasteiger partial charge in [-0.2, -0.15) is 4.98 Å². The van der Waals surface area contributed by atoms with Crippen LogP contribution in [-0.2, 0) is 6.54 Å². The number of rotatable bonds is 5. The number of Topliss-reactive ketones (excluding diaryl/α,β-unsaturated/α-hetero) is 1. The van der Waals surface area contributed by atoms with Crippen LogP contribution in [0, 0.1) is 6.92 Å². The van der Waals surface area contributed by atoms with Gasteiger partial charge in [-0.25, -0.2) is 0 Å². The van der Waals surface area contributed by atoms with E-state index in [9.17, 15) is 9.59 Å². The predicted octanol–water partition coefficient (Wildman–Crippen LogP) is 1.20. The molecule has 0 aromatic carbocycles. The molecule has 2 aromatic rings. The Bertz CT molecular complexity index is 691. The van der Waals surface area contributed by atoms with Gasteiger partial charge in [-0.1, -0.05) is 5.16 Å². The van der Waals surface area contributed by atoms with Crippen molar-refractivity contribution in [1.29, 1.82) is 0 Å². The summed E-state index contributed by atoms with van der Waals surface area (Å²) in [6.45, 7) is 3.35. The summed E-state index contributed by atoms with van der Waals surface area (Å²) in [5.41, 5.74) is 6.33. The van der Waals surface area contributed by atoms with Gasteiger partial charge in [-0.3, -0.25) is 9.59 Å². The number of aryl methyl sites for hydroxylation is 1. The fourth-order valence-corrected chi connectivity index (χ4v) is 2.76. The van der Waals surface area contributed by atoms with Crippen molar-refractivity contribution in [1.82, 2.24) is 15.5 Å². The first-order chi connectivity index (χ1) is 9.93. The van der Waals surface area contributed by atoms with E-state index in [1.54, 1.807) is 6.92 Å². The van der Waals surface area contributed by atoms with Crippen molar-refractivity contribution in [3.8, 4) is 0 Å². The molecule has 2 heterocycles. The second kappa shape index (κ2) is 5.92. The minimum absolute atomic E-state index is 0.179. The SMILES string of the molecule is CNC(=O)c1c(NCc2noc(C)n2)sc(C(C)=O)c1N. The standard InChI is InChI=1S/C12H15N5O3S/c1-5(18)10-9(13)8(11(19)14-3)12(21-10)15-4-7-16-6(2)20-17-7/h15H,4,13H2,1-3H3,(H,14,19). The van der Waals surface area contributed by atoms with Crippen molar-refractivity contribution in [2.75, 3.05) is 18.1 Å². The Labute approximate surface area is 124 Å². The van der Waals surface area contributed by atoms with E-state index < -0.39 is 0 Å². The number of nitrogen functional groups attached to an aromatic ring is 1. The van der Waals surface area contributed by atoms with Crippen LogP contribution in [0.1, 0.15) is 38.7 Å². The van der Waals surface area contributed by atoms with Gasteiger partial charge in [-0.15, -0.1) is 11.3 Å². The van der Waals surface area contributed by atoms with Crippen molar-refractivity contribution >= 4 is 33.7 Å². The number of aromatic nitrogens is 2. The van der Waals surface area contributed by atoms with E-state index in [4.69, 9.17) is 10.3 Å². The number of carbonyl (C=O) groups is 2. The molecule has 4 N–H and O–H groups in total. The number of carbonyl (C=O) groups excluding carboxylic acids is 2. The number of nitrogens with two attached hydrogens (primary N) is 1. The van der Waals surface area contributed by atoms with Crippen LogP contribution in [-0.4, -0.2) is 28.9 Å². The van der Waals surface area contributed by atoms with Crippen molar-refractivity contribution in [2.45, 2.75) is 20.4 Å². The fraction of sp³-hybridized carbons (Fsp3) is 0.333. The minimum Gasteiger partial charge on any atom is -0.397 e. The zero-order valence-electron chi connectivity index (χ0n) is 11.8. The molecular formula is C12H15N5O3S. The smallest absolute Gasteiger partial charge is 0.256 e. The quantitative estimate of drug-likeness (QED) is 0.709. The molecule has 21 heavy (non-hydrogen) atoms. The van der Waals surface area contributed by atoms with Gasteiger partial charge in [-0.05, 0) is 0 Å². The summed E-state index contributed by atoms with van der Waals surface area (Å²) in [5, 5.41) is 9.77. The third kappa shape index (κ3) is 3.02. The molecule has 0 aliphatic heterocycles. The average molecular weight is 309 g/mol. The Morgan fingerprint density at radius 2 is 2.14 bits per heavy atom. The van der Waals surface area contributed by atoms with E-state index in [0.717, 1.165) is 11.3 Å². The Kier molecular flexibility index (Phi) is 4.22. The maximum absolute atomic E-state index is 11.9. The highest BCUT2D eigenvalue weighted by Crippen LogP contribution is 2.36. The maximum Gasteiger partial charge on any atom is 0.256 e. The van der Waals surface area contributed by atoms with Crippen LogP contribution < -0.4 is 16.4 Å². The van der Waals surface area contributed by atoms with Crippen molar-refractivity contribution in [3.63, 3.8) is 0 Å². The molecule has 0 saturated heterocycles. The predicted molar refractivity (Wildman–Crippen MR) is 78.5 cm³/mol. The van der Waals surface area contributed by atoms with Crippen molar-refractivity contribution in [3.05, 3.63) is 22.2 Å². The van der Waals surface area contributed by atoms with Crippen LogP contribution >= 0.6 is 11.3 Å². The van der Waals surface area contributed by atoms with Gasteiger partial charge < -0.3 is 20.9 Å². The van der Waals surface area contributed by atoms with Crippen LogP contribution in [0.25, 0.3) is 0 Å². The van der Waals surface area contributed by atoms with Crippen molar-refractivity contribution < 1.29 is 14.1 Å². The highest BCUT2D eigenvalue weighted by molar-refractivity contribution is 7.19. The summed E-state index contributed by atoms with van der Waals surface area (Å²) in [5.74, 6) is 0.356. The normalized spacial score (nSPS) is 10.4. The first-order valence-electron chi connectivity index (χ1n) is 6.12. The lowest BCUT2D eigenvalue weighted by Crippen LogP contribution is -2.20. The number of hydrogen-bond donors (Lipinski definition) is 3. The van der Waals surface area contributed by atoms with Crippen LogP contribution in [0.15, 0.2) is 4.52 Å². The molecule has 0 fully saturated rings. The molecule has 0 atom stereocenters. The number of hydrogen-bond acceptors (Lipinski definition) is 8. The highest BCUT2D eigenvalue weighted by atomic mass is 32.1. The zero-order valence-corrected chi connectivity index (χ0v) is 12.6. The Hall–Kier alpha value is -2.42. The molecular weight excluding hydrogens is 294 g/mol. The third-order valence-corrected chi connectivity index (χ3v) is 3.96. The van der Waals surface area contributed by atoms with Crippen LogP contribution in [0.2, 0.25) is 0 Å². The lowest BCUT2D eigenvalue weighted by atomic mass is 10.2. The van der Waals surface area contributed by atoms with E-state index in [1.807, 2.05) is 0 Å². The Morgan fingerprint density at radius 1 is 1.43 bits per heavy atom. The van der Waals surface area contributed by atoms with Crippen LogP contribution in [0.4, 0.5) is 10.7 Å². The molecule has 2 aromatic heterocycles. The van der Waals surface area contributed by atoms with E-state index in [1.165, 1.54) is 14.0 Å². The monoisotopic (exact) mass is 309 g/mol. The number of thiophene rings is 1. The molecule has 9 heteroatoms. The molecule has 0 aliphatic carbocycles. The minimum atomic E-state index is -0.358. The lowest BCUT2D eigenvalue weighted by Gasteiger charge is -2.05. The van der Waals surface area contributed by atoms with E-state index in [-0.39, 0.29) is 29.5 Å². The number of anilines is 2. The highest BCUT2D eigenvalue weighted by Gasteiger charge is 2.23. The summed E-state index contributed by atoms with van der Waals surface area (Å²) >= 11 is 1.13. The lowest BCUT2D eigenvalue weighted by molar-refractivity contribution is 0.0965. The molecule has 1 amide bonds. The zero-order chi connectivity index (χ0) is 15.6. The summed E-state index contributed by atoms with van der Waals surface area (Å²) in [7, 11) is 1.50. The van der Waals surface area contributed by atoms with Crippen LogP contribution in [0.5, 0.6) is 0 Å². The number of nitrogens with one attached hydrogen (secondary N) is 2. The largest absolute Gasteiger partial charge is 0.397 e. The van der Waals surface area contributed by atoms with E-state index in [0.29, 0.717) is 21.6 Å². The van der Waals surface area contributed by atoms with Crippen molar-refractivity contribution in [2.24, 2.45) is 0 Å². The third-order valence-electron chi connectivity index (χ3n) is 2.70. The fourth-order valence-electron chi connectivity index (χ4n) is 1.75. The maximum atomic E-state index is 11.9. The van der Waals surface area contributed by atoms with Gasteiger partial charge in [0.25, 0.3) is 5.91 Å². The van der Waals surface area contributed by atoms with E-state index in [2.05, 4.69) is 20.8 Å². The van der Waals surface area contributed by atoms with Gasteiger partial charge in [0.15, 0.2) is 11.6 Å². The summed E-state index contributed by atoms with van der Waals surface area (Å²) < 4.78 is 4.86. The van der Waals surface area contributed by atoms with Gasteiger partial charge >= 0.3 is 0 Å². The summed E-state index contributed by atoms with van der Waals surface area (Å²) in [6, 6.07) is 0. The molecule has 8 nitrogen and oxygen atoms in total. The molecule has 0 unspecified atom stereocenters. The molecule has 0 spiro atoms. The number of nitrogens with zero attached hydrogens (tertiary/aromatic N) is 2. The van der Waals surface area contributed by atoms with Gasteiger partial charge in [0, 0.05) is 20.9 Å². The van der Waals surface area contributed by atoms with Gasteiger partial charge in [0.1, 0.15) is 5.00 Å². The Balaban J connectivity index is 2.30. The molecule has 0 saturated carbocycles. The first kappa shape index (κ1) is 15.0. The average Bonchev–Trinajstić information content (AvgIpc) is 2.99. The summed E-state index contributed by atoms with van der Waals surface area (Å²) in [6.07, 6.45) is 0. The second-order valence-electron chi connectivity index (χ2n) is 4.27. The Morgan fingerprint density at radius 3 is 2.67 bits per heavy atom. The molecule has 0 bridgehead atoms. The molecule has 2 rings (SSSR count). The van der Waals surface area contributed by atoms with Gasteiger partial charge in [0.2, 0.25) is 5.89 Å². The first-order valence-corrected chi connectivity index (χ1v) is 6.94. The van der Waals surface area contributed by atoms with Gasteiger partial charge in [0.05, 0.1) is 22.7 Å². The summed E-state index contributed by atoms with van der Waals surface area (Å²) in [4.78, 5) is 27.9.